The van der Waals surface area contributed by atoms with E-state index in [1.54, 1.807) is 0 Å². The quantitative estimate of drug-likeness (QED) is 0.667. The average Bonchev–Trinajstić information content (AvgIpc) is 2.38. The molecule has 0 radical (unpaired) electrons. The topological polar surface area (TPSA) is 23.5 Å². The lowest BCUT2D eigenvalue weighted by Gasteiger charge is -2.36. The van der Waals surface area contributed by atoms with Crippen LogP contribution < -0.4 is 0 Å². The molecule has 1 fully saturated rings. The number of aliphatic hydroxyl groups excluding tert-OH is 1. The zero-order chi connectivity index (χ0) is 13.9. The molecule has 114 valence electrons. The number of hydrogen-bond acceptors (Lipinski definition) is 2. The highest BCUT2D eigenvalue weighted by atomic mass is 16.2. The number of unbranched alkanes of at least 4 members (excludes halogenated alkanes) is 2. The first kappa shape index (κ1) is 17.0. The van der Waals surface area contributed by atoms with Crippen LogP contribution in [0.2, 0.25) is 0 Å². The van der Waals surface area contributed by atoms with Crippen molar-refractivity contribution in [2.75, 3.05) is 20.2 Å². The molecule has 0 aromatic rings. The first-order valence-electron chi connectivity index (χ1n) is 8.60. The van der Waals surface area contributed by atoms with E-state index in [-0.39, 0.29) is 0 Å². The van der Waals surface area contributed by atoms with Crippen LogP contribution in [0.3, 0.4) is 0 Å². The molecule has 0 amide bonds. The molecule has 1 saturated carbocycles. The van der Waals surface area contributed by atoms with Gasteiger partial charge in [0.15, 0.2) is 0 Å². The Morgan fingerprint density at radius 3 is 2.42 bits per heavy atom. The van der Waals surface area contributed by atoms with Crippen molar-refractivity contribution >= 4 is 0 Å². The maximum absolute atomic E-state index is 8.92. The Bertz CT molecular complexity index is 205. The van der Waals surface area contributed by atoms with Crippen LogP contribution in [0.1, 0.15) is 77.6 Å². The molecule has 2 atom stereocenters. The van der Waals surface area contributed by atoms with Crippen LogP contribution in [0.4, 0.5) is 0 Å². The van der Waals surface area contributed by atoms with Crippen molar-refractivity contribution in [3.8, 4) is 0 Å². The molecule has 0 aromatic carbocycles. The highest BCUT2D eigenvalue weighted by Crippen LogP contribution is 2.29. The summed E-state index contributed by atoms with van der Waals surface area (Å²) in [5.74, 6) is 0.916. The highest BCUT2D eigenvalue weighted by Gasteiger charge is 2.25. The van der Waals surface area contributed by atoms with Crippen LogP contribution in [-0.4, -0.2) is 36.2 Å². The van der Waals surface area contributed by atoms with E-state index in [0.717, 1.165) is 31.3 Å². The van der Waals surface area contributed by atoms with Gasteiger partial charge in [-0.15, -0.1) is 0 Å². The summed E-state index contributed by atoms with van der Waals surface area (Å²) in [6.45, 7) is 3.81. The monoisotopic (exact) mass is 269 g/mol. The summed E-state index contributed by atoms with van der Waals surface area (Å²) in [5.41, 5.74) is 0. The van der Waals surface area contributed by atoms with E-state index >= 15 is 0 Å². The van der Waals surface area contributed by atoms with Crippen molar-refractivity contribution < 1.29 is 5.11 Å². The minimum atomic E-state index is 0.345. The van der Waals surface area contributed by atoms with Gasteiger partial charge in [-0.1, -0.05) is 45.4 Å². The average molecular weight is 269 g/mol. The molecule has 0 aromatic heterocycles. The molecular weight excluding hydrogens is 234 g/mol. The van der Waals surface area contributed by atoms with Crippen LogP contribution in [0.25, 0.3) is 0 Å². The van der Waals surface area contributed by atoms with Crippen molar-refractivity contribution in [2.45, 2.75) is 83.6 Å². The number of aliphatic hydroxyl groups is 1. The fourth-order valence-electron chi connectivity index (χ4n) is 3.56. The molecule has 2 unspecified atom stereocenters. The van der Waals surface area contributed by atoms with Crippen molar-refractivity contribution in [1.82, 2.24) is 4.90 Å². The molecule has 0 saturated heterocycles. The summed E-state index contributed by atoms with van der Waals surface area (Å²) in [5, 5.41) is 8.92. The van der Waals surface area contributed by atoms with Gasteiger partial charge in [-0.25, -0.2) is 0 Å². The Morgan fingerprint density at radius 2 is 1.74 bits per heavy atom. The fraction of sp³-hybridized carbons (Fsp3) is 1.00. The van der Waals surface area contributed by atoms with Crippen LogP contribution in [0, 0.1) is 5.92 Å². The molecule has 1 N–H and O–H groups in total. The van der Waals surface area contributed by atoms with Gasteiger partial charge >= 0.3 is 0 Å². The summed E-state index contributed by atoms with van der Waals surface area (Å²) in [6.07, 6.45) is 14.8. The Labute approximate surface area is 120 Å². The summed E-state index contributed by atoms with van der Waals surface area (Å²) in [7, 11) is 2.31. The molecule has 1 rings (SSSR count). The van der Waals surface area contributed by atoms with Crippen molar-refractivity contribution in [1.29, 1.82) is 0 Å². The molecular formula is C17H35NO. The van der Waals surface area contributed by atoms with Crippen LogP contribution >= 0.6 is 0 Å². The SMILES string of the molecule is CCCCC1CCCCCCC1N(C)CCCCO. The molecule has 1 aliphatic carbocycles. The Hall–Kier alpha value is -0.0800. The van der Waals surface area contributed by atoms with E-state index in [1.807, 2.05) is 0 Å². The summed E-state index contributed by atoms with van der Waals surface area (Å²) >= 11 is 0. The lowest BCUT2D eigenvalue weighted by Crippen LogP contribution is -2.39. The summed E-state index contributed by atoms with van der Waals surface area (Å²) in [6, 6.07) is 0.797. The van der Waals surface area contributed by atoms with E-state index in [1.165, 1.54) is 57.8 Å². The maximum Gasteiger partial charge on any atom is 0.0431 e. The van der Waals surface area contributed by atoms with Gasteiger partial charge in [-0.3, -0.25) is 0 Å². The third-order valence-corrected chi connectivity index (χ3v) is 4.78. The standard InChI is InChI=1S/C17H35NO/c1-3-4-11-16-12-7-5-6-8-13-17(16)18(2)14-9-10-15-19/h16-17,19H,3-15H2,1-2H3. The lowest BCUT2D eigenvalue weighted by atomic mass is 9.83. The molecule has 19 heavy (non-hydrogen) atoms. The van der Waals surface area contributed by atoms with Crippen molar-refractivity contribution in [3.63, 3.8) is 0 Å². The summed E-state index contributed by atoms with van der Waals surface area (Å²) in [4.78, 5) is 2.60. The maximum atomic E-state index is 8.92. The van der Waals surface area contributed by atoms with E-state index in [9.17, 15) is 0 Å². The molecule has 0 spiro atoms. The molecule has 0 heterocycles. The number of nitrogens with zero attached hydrogens (tertiary/aromatic N) is 1. The van der Waals surface area contributed by atoms with Gasteiger partial charge in [0.1, 0.15) is 0 Å². The molecule has 0 bridgehead atoms. The minimum absolute atomic E-state index is 0.345. The second kappa shape index (κ2) is 10.7. The van der Waals surface area contributed by atoms with Gasteiger partial charge in [0.05, 0.1) is 0 Å². The van der Waals surface area contributed by atoms with Gasteiger partial charge < -0.3 is 10.0 Å². The van der Waals surface area contributed by atoms with E-state index in [0.29, 0.717) is 6.61 Å². The van der Waals surface area contributed by atoms with Crippen LogP contribution in [0.5, 0.6) is 0 Å². The van der Waals surface area contributed by atoms with Gasteiger partial charge in [0.25, 0.3) is 0 Å². The highest BCUT2D eigenvalue weighted by molar-refractivity contribution is 4.80. The number of hydrogen-bond donors (Lipinski definition) is 1. The Kier molecular flexibility index (Phi) is 9.54. The largest absolute Gasteiger partial charge is 0.396 e. The van der Waals surface area contributed by atoms with E-state index < -0.39 is 0 Å². The molecule has 2 heteroatoms. The second-order valence-electron chi connectivity index (χ2n) is 6.37. The van der Waals surface area contributed by atoms with Crippen molar-refractivity contribution in [3.05, 3.63) is 0 Å². The third-order valence-electron chi connectivity index (χ3n) is 4.78. The minimum Gasteiger partial charge on any atom is -0.396 e. The smallest absolute Gasteiger partial charge is 0.0431 e. The first-order valence-corrected chi connectivity index (χ1v) is 8.60. The third kappa shape index (κ3) is 6.76. The van der Waals surface area contributed by atoms with Crippen molar-refractivity contribution in [2.24, 2.45) is 5.92 Å². The Balaban J connectivity index is 2.48. The number of rotatable bonds is 8. The Morgan fingerprint density at radius 1 is 1.00 bits per heavy atom. The van der Waals surface area contributed by atoms with Gasteiger partial charge in [-0.2, -0.15) is 0 Å². The van der Waals surface area contributed by atoms with Gasteiger partial charge in [0, 0.05) is 12.6 Å². The molecule has 1 aliphatic rings. The first-order chi connectivity index (χ1) is 9.29. The zero-order valence-corrected chi connectivity index (χ0v) is 13.2. The molecule has 0 aliphatic heterocycles. The van der Waals surface area contributed by atoms with Crippen LogP contribution in [-0.2, 0) is 0 Å². The lowest BCUT2D eigenvalue weighted by molar-refractivity contribution is 0.132. The predicted octanol–water partition coefficient (Wildman–Crippen LogP) is 4.22. The second-order valence-corrected chi connectivity index (χ2v) is 6.37. The fourth-order valence-corrected chi connectivity index (χ4v) is 3.56. The van der Waals surface area contributed by atoms with Gasteiger partial charge in [0.2, 0.25) is 0 Å². The van der Waals surface area contributed by atoms with Crippen LogP contribution in [0.15, 0.2) is 0 Å². The predicted molar refractivity (Wildman–Crippen MR) is 83.5 cm³/mol. The zero-order valence-electron chi connectivity index (χ0n) is 13.2. The normalized spacial score (nSPS) is 25.3. The van der Waals surface area contributed by atoms with E-state index in [4.69, 9.17) is 5.11 Å². The molecule has 2 nitrogen and oxygen atoms in total. The van der Waals surface area contributed by atoms with Gasteiger partial charge in [-0.05, 0) is 51.6 Å². The summed E-state index contributed by atoms with van der Waals surface area (Å²) < 4.78 is 0. The van der Waals surface area contributed by atoms with E-state index in [2.05, 4.69) is 18.9 Å².